The zero-order chi connectivity index (χ0) is 27.5. The number of ether oxygens (including phenoxy) is 2. The average molecular weight is 541 g/mol. The van der Waals surface area contributed by atoms with Crippen molar-refractivity contribution in [2.75, 3.05) is 51.7 Å². The van der Waals surface area contributed by atoms with Gasteiger partial charge in [-0.1, -0.05) is 13.0 Å². The number of nitrogens with one attached hydrogen (secondary N) is 1. The first-order valence-corrected chi connectivity index (χ1v) is 13.9. The highest BCUT2D eigenvalue weighted by Crippen LogP contribution is 2.30. The lowest BCUT2D eigenvalue weighted by Crippen LogP contribution is -2.44. The van der Waals surface area contributed by atoms with Gasteiger partial charge in [-0.25, -0.2) is 19.5 Å². The van der Waals surface area contributed by atoms with Crippen molar-refractivity contribution in [3.05, 3.63) is 72.6 Å². The van der Waals surface area contributed by atoms with Crippen LogP contribution in [0.1, 0.15) is 20.3 Å². The van der Waals surface area contributed by atoms with E-state index in [1.807, 2.05) is 36.5 Å². The molecule has 0 saturated carbocycles. The molecule has 4 heterocycles. The summed E-state index contributed by atoms with van der Waals surface area (Å²) in [6.07, 6.45) is 10.2. The molecule has 0 spiro atoms. The van der Waals surface area contributed by atoms with Crippen LogP contribution in [0, 0.1) is 5.92 Å². The van der Waals surface area contributed by atoms with E-state index in [1.165, 1.54) is 6.33 Å². The average Bonchev–Trinajstić information content (AvgIpc) is 3.42. The molecule has 0 bridgehead atoms. The number of anilines is 1. The largest absolute Gasteiger partial charge is 0.494 e. The summed E-state index contributed by atoms with van der Waals surface area (Å²) in [6.45, 7) is 10.5. The predicted molar refractivity (Wildman–Crippen MR) is 156 cm³/mol. The van der Waals surface area contributed by atoms with Crippen LogP contribution in [-0.4, -0.2) is 86.8 Å². The van der Waals surface area contributed by atoms with Crippen LogP contribution >= 0.6 is 0 Å². The Labute approximate surface area is 234 Å². The van der Waals surface area contributed by atoms with Crippen LogP contribution in [0.25, 0.3) is 16.6 Å². The highest BCUT2D eigenvalue weighted by atomic mass is 16.5. The van der Waals surface area contributed by atoms with Gasteiger partial charge in [0.25, 0.3) is 0 Å². The molecule has 0 radical (unpaired) electrons. The topological polar surface area (TPSA) is 92.9 Å². The van der Waals surface area contributed by atoms with Crippen molar-refractivity contribution in [2.24, 2.45) is 5.92 Å². The van der Waals surface area contributed by atoms with Gasteiger partial charge in [-0.05, 0) is 56.3 Å². The minimum atomic E-state index is -0.0797. The molecule has 6 rings (SSSR count). The van der Waals surface area contributed by atoms with Crippen LogP contribution in [0.5, 0.6) is 11.5 Å². The van der Waals surface area contributed by atoms with E-state index < -0.39 is 0 Å². The molecular weight excluding hydrogens is 504 g/mol. The summed E-state index contributed by atoms with van der Waals surface area (Å²) in [6, 6.07) is 9.83. The Bertz CT molecular complexity index is 1540. The molecule has 1 aliphatic carbocycles. The van der Waals surface area contributed by atoms with Crippen molar-refractivity contribution in [1.29, 1.82) is 0 Å². The molecule has 40 heavy (non-hydrogen) atoms. The van der Waals surface area contributed by atoms with Crippen molar-refractivity contribution in [2.45, 2.75) is 26.4 Å². The standard InChI is InChI=1S/C30H36N8O2/c1-21-15-23(16-22(2)29(21)40-25-7-9-38-28(18-25)32-20-34-38)35-30-26-17-24(5-6-27(26)31-19-33-30)39-14-4-8-37-12-10-36(3)11-13-37/h5-7,9,15-21,29H,4,8,10-14H2,1-3H3,(H,31,33,35). The molecule has 10 nitrogen and oxygen atoms in total. The van der Waals surface area contributed by atoms with E-state index in [4.69, 9.17) is 9.47 Å². The maximum atomic E-state index is 6.36. The third-order valence-corrected chi connectivity index (χ3v) is 7.62. The molecule has 1 N–H and O–H groups in total. The first-order valence-electron chi connectivity index (χ1n) is 13.9. The monoisotopic (exact) mass is 540 g/mol. The number of pyridine rings is 1. The smallest absolute Gasteiger partial charge is 0.158 e. The Morgan fingerprint density at radius 2 is 1.88 bits per heavy atom. The van der Waals surface area contributed by atoms with E-state index in [1.54, 1.807) is 10.8 Å². The maximum Gasteiger partial charge on any atom is 0.158 e. The summed E-state index contributed by atoms with van der Waals surface area (Å²) in [5.74, 6) is 2.51. The Hall–Kier alpha value is -4.02. The van der Waals surface area contributed by atoms with Gasteiger partial charge in [-0.2, -0.15) is 5.10 Å². The van der Waals surface area contributed by atoms with Gasteiger partial charge in [-0.15, -0.1) is 0 Å². The summed E-state index contributed by atoms with van der Waals surface area (Å²) in [5.41, 5.74) is 3.74. The predicted octanol–water partition coefficient (Wildman–Crippen LogP) is 4.03. The second-order valence-corrected chi connectivity index (χ2v) is 10.7. The number of hydrogen-bond acceptors (Lipinski definition) is 9. The molecule has 1 aliphatic heterocycles. The van der Waals surface area contributed by atoms with Gasteiger partial charge < -0.3 is 24.6 Å². The van der Waals surface area contributed by atoms with Gasteiger partial charge in [0.2, 0.25) is 0 Å². The molecule has 0 amide bonds. The fourth-order valence-corrected chi connectivity index (χ4v) is 5.37. The van der Waals surface area contributed by atoms with Gasteiger partial charge in [-0.3, -0.25) is 0 Å². The highest BCUT2D eigenvalue weighted by molar-refractivity contribution is 5.90. The molecule has 3 aromatic heterocycles. The third kappa shape index (κ3) is 5.93. The first kappa shape index (κ1) is 26.2. The Balaban J connectivity index is 1.10. The summed E-state index contributed by atoms with van der Waals surface area (Å²) in [4.78, 5) is 18.2. The maximum absolute atomic E-state index is 6.36. The Morgan fingerprint density at radius 3 is 2.73 bits per heavy atom. The normalized spacial score (nSPS) is 20.4. The number of nitrogens with zero attached hydrogens (tertiary/aromatic N) is 7. The van der Waals surface area contributed by atoms with E-state index in [0.717, 1.165) is 84.3 Å². The van der Waals surface area contributed by atoms with Crippen molar-refractivity contribution < 1.29 is 9.47 Å². The number of rotatable bonds is 9. The molecule has 2 unspecified atom stereocenters. The zero-order valence-corrected chi connectivity index (χ0v) is 23.3. The zero-order valence-electron chi connectivity index (χ0n) is 23.3. The van der Waals surface area contributed by atoms with E-state index in [-0.39, 0.29) is 12.0 Å². The van der Waals surface area contributed by atoms with Crippen LogP contribution in [0.2, 0.25) is 0 Å². The van der Waals surface area contributed by atoms with Crippen LogP contribution in [0.3, 0.4) is 0 Å². The van der Waals surface area contributed by atoms with Crippen LogP contribution in [0.4, 0.5) is 5.82 Å². The molecule has 2 atom stereocenters. The van der Waals surface area contributed by atoms with Gasteiger partial charge in [0.1, 0.15) is 36.1 Å². The Morgan fingerprint density at radius 1 is 1.00 bits per heavy atom. The quantitative estimate of drug-likeness (QED) is 0.316. The highest BCUT2D eigenvalue weighted by Gasteiger charge is 2.24. The summed E-state index contributed by atoms with van der Waals surface area (Å²) < 4.78 is 14.2. The van der Waals surface area contributed by atoms with E-state index in [0.29, 0.717) is 6.61 Å². The number of piperazine rings is 1. The van der Waals surface area contributed by atoms with E-state index in [2.05, 4.69) is 68.2 Å². The number of fused-ring (bicyclic) bond motifs is 2. The molecule has 10 heteroatoms. The Kier molecular flexibility index (Phi) is 7.61. The molecule has 208 valence electrons. The van der Waals surface area contributed by atoms with Crippen LogP contribution < -0.4 is 14.8 Å². The van der Waals surface area contributed by atoms with E-state index in [9.17, 15) is 0 Å². The minimum absolute atomic E-state index is 0.0797. The lowest BCUT2D eigenvalue weighted by molar-refractivity contribution is 0.145. The molecule has 1 aromatic carbocycles. The van der Waals surface area contributed by atoms with Crippen molar-refractivity contribution in [1.82, 2.24) is 34.4 Å². The lowest BCUT2D eigenvalue weighted by atomic mass is 9.91. The van der Waals surface area contributed by atoms with Crippen molar-refractivity contribution in [3.8, 4) is 11.5 Å². The molecule has 1 saturated heterocycles. The van der Waals surface area contributed by atoms with E-state index >= 15 is 0 Å². The summed E-state index contributed by atoms with van der Waals surface area (Å²) in [5, 5.41) is 8.60. The van der Waals surface area contributed by atoms with Gasteiger partial charge >= 0.3 is 0 Å². The lowest BCUT2D eigenvalue weighted by Gasteiger charge is -2.32. The second kappa shape index (κ2) is 11.6. The fraction of sp³-hybridized carbons (Fsp3) is 0.400. The third-order valence-electron chi connectivity index (χ3n) is 7.62. The first-order chi connectivity index (χ1) is 19.5. The van der Waals surface area contributed by atoms with Crippen LogP contribution in [0.15, 0.2) is 72.6 Å². The van der Waals surface area contributed by atoms with Crippen LogP contribution in [-0.2, 0) is 0 Å². The molecule has 1 fully saturated rings. The number of benzene rings is 1. The van der Waals surface area contributed by atoms with Crippen molar-refractivity contribution >= 4 is 22.4 Å². The molecule has 2 aliphatic rings. The van der Waals surface area contributed by atoms with Gasteiger partial charge in [0.05, 0.1) is 12.1 Å². The fourth-order valence-electron chi connectivity index (χ4n) is 5.37. The SMILES string of the molecule is CC1=CC(Nc2ncnc3ccc(OCCCN4CCN(C)CC4)cc23)=CC(C)C1Oc1ccn2ncnc2c1. The number of aromatic nitrogens is 5. The van der Waals surface area contributed by atoms with Crippen molar-refractivity contribution in [3.63, 3.8) is 0 Å². The second-order valence-electron chi connectivity index (χ2n) is 10.7. The number of allylic oxidation sites excluding steroid dienone is 1. The summed E-state index contributed by atoms with van der Waals surface area (Å²) in [7, 11) is 2.18. The molecule has 4 aromatic rings. The molecular formula is C30H36N8O2. The van der Waals surface area contributed by atoms with Gasteiger partial charge in [0.15, 0.2) is 5.65 Å². The van der Waals surface area contributed by atoms with Gasteiger partial charge in [0, 0.05) is 62.0 Å². The number of hydrogen-bond donors (Lipinski definition) is 1. The number of likely N-dealkylation sites (N-methyl/N-ethyl adjacent to an activating group) is 1. The summed E-state index contributed by atoms with van der Waals surface area (Å²) >= 11 is 0. The minimum Gasteiger partial charge on any atom is -0.494 e.